The lowest BCUT2D eigenvalue weighted by Crippen LogP contribution is -2.51. The van der Waals surface area contributed by atoms with E-state index in [0.717, 1.165) is 13.0 Å². The third-order valence-electron chi connectivity index (χ3n) is 2.84. The summed E-state index contributed by atoms with van der Waals surface area (Å²) in [6, 6.07) is -0.0649. The molecule has 0 saturated heterocycles. The van der Waals surface area contributed by atoms with Gasteiger partial charge in [0.05, 0.1) is 4.75 Å². The SMILES string of the molecule is C=CCC(NCCC)C(C)(C)S(C)(=O)=O. The lowest BCUT2D eigenvalue weighted by Gasteiger charge is -2.32. The summed E-state index contributed by atoms with van der Waals surface area (Å²) < 4.78 is 22.6. The predicted molar refractivity (Wildman–Crippen MR) is 65.8 cm³/mol. The van der Waals surface area contributed by atoms with E-state index >= 15 is 0 Å². The van der Waals surface area contributed by atoms with Crippen molar-refractivity contribution in [1.82, 2.24) is 5.32 Å². The Morgan fingerprint density at radius 3 is 2.33 bits per heavy atom. The van der Waals surface area contributed by atoms with Crippen LogP contribution in [0.4, 0.5) is 0 Å². The summed E-state index contributed by atoms with van der Waals surface area (Å²) in [5.74, 6) is 0. The van der Waals surface area contributed by atoms with Crippen molar-refractivity contribution < 1.29 is 8.42 Å². The average molecular weight is 233 g/mol. The van der Waals surface area contributed by atoms with E-state index in [2.05, 4.69) is 18.8 Å². The summed E-state index contributed by atoms with van der Waals surface area (Å²) in [6.45, 7) is 10.1. The lowest BCUT2D eigenvalue weighted by molar-refractivity contribution is 0.411. The molecule has 1 atom stereocenters. The zero-order valence-electron chi connectivity index (χ0n) is 10.2. The molecule has 0 radical (unpaired) electrons. The van der Waals surface area contributed by atoms with Crippen LogP contribution in [0, 0.1) is 0 Å². The normalized spacial score (nSPS) is 14.9. The fourth-order valence-corrected chi connectivity index (χ4v) is 2.05. The van der Waals surface area contributed by atoms with E-state index < -0.39 is 14.6 Å². The van der Waals surface area contributed by atoms with Crippen LogP contribution in [0.15, 0.2) is 12.7 Å². The first-order valence-electron chi connectivity index (χ1n) is 5.31. The molecular weight excluding hydrogens is 210 g/mol. The smallest absolute Gasteiger partial charge is 0.154 e. The quantitative estimate of drug-likeness (QED) is 0.682. The minimum atomic E-state index is -3.06. The van der Waals surface area contributed by atoms with E-state index in [1.807, 2.05) is 0 Å². The molecule has 0 aromatic rings. The first-order valence-corrected chi connectivity index (χ1v) is 7.20. The van der Waals surface area contributed by atoms with Crippen molar-refractivity contribution in [2.75, 3.05) is 12.8 Å². The molecule has 0 saturated carbocycles. The lowest BCUT2D eigenvalue weighted by atomic mass is 10.00. The van der Waals surface area contributed by atoms with Gasteiger partial charge < -0.3 is 5.32 Å². The molecule has 0 fully saturated rings. The molecule has 0 amide bonds. The molecule has 0 aromatic heterocycles. The Bertz CT molecular complexity index is 294. The van der Waals surface area contributed by atoms with Gasteiger partial charge in [0.15, 0.2) is 9.84 Å². The van der Waals surface area contributed by atoms with Gasteiger partial charge in [-0.2, -0.15) is 0 Å². The third kappa shape index (κ3) is 3.95. The molecule has 0 heterocycles. The number of hydrogen-bond donors (Lipinski definition) is 1. The second kappa shape index (κ2) is 5.66. The first kappa shape index (κ1) is 14.6. The fourth-order valence-electron chi connectivity index (χ4n) is 1.36. The molecule has 0 bridgehead atoms. The van der Waals surface area contributed by atoms with Gasteiger partial charge in [-0.15, -0.1) is 6.58 Å². The van der Waals surface area contributed by atoms with E-state index in [4.69, 9.17) is 0 Å². The number of rotatable bonds is 7. The summed E-state index contributed by atoms with van der Waals surface area (Å²) >= 11 is 0. The first-order chi connectivity index (χ1) is 6.77. The second-order valence-corrected chi connectivity index (χ2v) is 7.00. The van der Waals surface area contributed by atoms with Gasteiger partial charge in [-0.3, -0.25) is 0 Å². The van der Waals surface area contributed by atoms with Crippen LogP contribution in [0.5, 0.6) is 0 Å². The zero-order valence-corrected chi connectivity index (χ0v) is 11.0. The molecule has 1 unspecified atom stereocenters. The molecule has 3 nitrogen and oxygen atoms in total. The Morgan fingerprint density at radius 2 is 2.00 bits per heavy atom. The van der Waals surface area contributed by atoms with Gasteiger partial charge in [0.1, 0.15) is 0 Å². The molecule has 0 aliphatic heterocycles. The molecule has 4 heteroatoms. The van der Waals surface area contributed by atoms with Gasteiger partial charge in [-0.05, 0) is 33.2 Å². The predicted octanol–water partition coefficient (Wildman–Crippen LogP) is 1.75. The van der Waals surface area contributed by atoms with Crippen molar-refractivity contribution in [3.05, 3.63) is 12.7 Å². The number of sulfone groups is 1. The van der Waals surface area contributed by atoms with Crippen molar-refractivity contribution in [2.24, 2.45) is 0 Å². The van der Waals surface area contributed by atoms with Gasteiger partial charge >= 0.3 is 0 Å². The van der Waals surface area contributed by atoms with Crippen LogP contribution in [0.2, 0.25) is 0 Å². The van der Waals surface area contributed by atoms with Gasteiger partial charge in [0.2, 0.25) is 0 Å². The van der Waals surface area contributed by atoms with E-state index in [1.165, 1.54) is 6.26 Å². The molecular formula is C11H23NO2S. The van der Waals surface area contributed by atoms with Gasteiger partial charge in [0, 0.05) is 12.3 Å². The highest BCUT2D eigenvalue weighted by molar-refractivity contribution is 7.92. The Labute approximate surface area is 93.9 Å². The average Bonchev–Trinajstić information content (AvgIpc) is 2.10. The van der Waals surface area contributed by atoms with Crippen molar-refractivity contribution >= 4 is 9.84 Å². The van der Waals surface area contributed by atoms with Crippen LogP contribution >= 0.6 is 0 Å². The minimum absolute atomic E-state index is 0.0649. The monoisotopic (exact) mass is 233 g/mol. The van der Waals surface area contributed by atoms with Crippen LogP contribution in [0.1, 0.15) is 33.6 Å². The highest BCUT2D eigenvalue weighted by Crippen LogP contribution is 2.22. The molecule has 0 spiro atoms. The Kier molecular flexibility index (Phi) is 5.53. The highest BCUT2D eigenvalue weighted by Gasteiger charge is 2.37. The van der Waals surface area contributed by atoms with Gasteiger partial charge in [-0.1, -0.05) is 13.0 Å². The molecule has 15 heavy (non-hydrogen) atoms. The topological polar surface area (TPSA) is 46.2 Å². The molecule has 0 aliphatic rings. The Balaban J connectivity index is 4.81. The third-order valence-corrected chi connectivity index (χ3v) is 5.03. The number of nitrogens with one attached hydrogen (secondary N) is 1. The summed E-state index contributed by atoms with van der Waals surface area (Å²) in [4.78, 5) is 0. The van der Waals surface area contributed by atoms with E-state index in [0.29, 0.717) is 6.42 Å². The molecule has 0 aromatic carbocycles. The van der Waals surface area contributed by atoms with E-state index in [1.54, 1.807) is 19.9 Å². The molecule has 0 rings (SSSR count). The maximum absolute atomic E-state index is 11.7. The van der Waals surface area contributed by atoms with E-state index in [-0.39, 0.29) is 6.04 Å². The highest BCUT2D eigenvalue weighted by atomic mass is 32.2. The standard InChI is InChI=1S/C11H23NO2S/c1-6-8-10(12-9-7-2)11(3,4)15(5,13)14/h6,10,12H,1,7-9H2,2-5H3. The molecule has 1 N–H and O–H groups in total. The van der Waals surface area contributed by atoms with Gasteiger partial charge in [0.25, 0.3) is 0 Å². The Hall–Kier alpha value is -0.350. The van der Waals surface area contributed by atoms with Crippen LogP contribution in [0.25, 0.3) is 0 Å². The van der Waals surface area contributed by atoms with Crippen molar-refractivity contribution in [2.45, 2.75) is 44.4 Å². The van der Waals surface area contributed by atoms with Gasteiger partial charge in [-0.25, -0.2) is 8.42 Å². The van der Waals surface area contributed by atoms with Crippen LogP contribution in [-0.4, -0.2) is 32.0 Å². The number of hydrogen-bond acceptors (Lipinski definition) is 3. The maximum Gasteiger partial charge on any atom is 0.154 e. The van der Waals surface area contributed by atoms with Crippen molar-refractivity contribution in [3.8, 4) is 0 Å². The largest absolute Gasteiger partial charge is 0.312 e. The summed E-state index contributed by atoms with van der Waals surface area (Å²) in [5, 5.41) is 3.27. The second-order valence-electron chi connectivity index (χ2n) is 4.41. The fraction of sp³-hybridized carbons (Fsp3) is 0.818. The molecule has 0 aliphatic carbocycles. The van der Waals surface area contributed by atoms with Crippen LogP contribution in [-0.2, 0) is 9.84 Å². The summed E-state index contributed by atoms with van der Waals surface area (Å²) in [7, 11) is -3.06. The Morgan fingerprint density at radius 1 is 1.47 bits per heavy atom. The summed E-state index contributed by atoms with van der Waals surface area (Å²) in [6.07, 6.45) is 4.71. The zero-order chi connectivity index (χ0) is 12.1. The minimum Gasteiger partial charge on any atom is -0.312 e. The molecule has 90 valence electrons. The van der Waals surface area contributed by atoms with E-state index in [9.17, 15) is 8.42 Å². The van der Waals surface area contributed by atoms with Crippen LogP contribution in [0.3, 0.4) is 0 Å². The summed E-state index contributed by atoms with van der Waals surface area (Å²) in [5.41, 5.74) is 0. The van der Waals surface area contributed by atoms with Crippen molar-refractivity contribution in [1.29, 1.82) is 0 Å². The van der Waals surface area contributed by atoms with Crippen LogP contribution < -0.4 is 5.32 Å². The maximum atomic E-state index is 11.7. The van der Waals surface area contributed by atoms with Crippen molar-refractivity contribution in [3.63, 3.8) is 0 Å².